The van der Waals surface area contributed by atoms with Crippen LogP contribution in [-0.4, -0.2) is 11.3 Å². The van der Waals surface area contributed by atoms with Crippen molar-refractivity contribution in [3.8, 4) is 0 Å². The van der Waals surface area contributed by atoms with E-state index in [1.807, 2.05) is 0 Å². The Morgan fingerprint density at radius 3 is 2.80 bits per heavy atom. The van der Waals surface area contributed by atoms with Crippen LogP contribution in [0, 0.1) is 11.6 Å². The first-order valence-corrected chi connectivity index (χ1v) is 4.52. The first-order chi connectivity index (χ1) is 7.00. The monoisotopic (exact) mass is 249 g/mol. The molecule has 0 aliphatic rings. The average Bonchev–Trinajstić information content (AvgIpc) is 2.12. The van der Waals surface area contributed by atoms with E-state index < -0.39 is 11.6 Å². The lowest BCUT2D eigenvalue weighted by Crippen LogP contribution is -2.24. The number of nitrogens with two attached hydrogens (primary N) is 1. The molecule has 7 heteroatoms. The zero-order valence-electron chi connectivity index (χ0n) is 7.30. The average molecular weight is 250 g/mol. The first-order valence-electron chi connectivity index (χ1n) is 3.73. The highest BCUT2D eigenvalue weighted by molar-refractivity contribution is 7.80. The van der Waals surface area contributed by atoms with Crippen molar-refractivity contribution >= 4 is 35.1 Å². The fourth-order valence-corrected chi connectivity index (χ4v) is 1.05. The van der Waals surface area contributed by atoms with E-state index in [1.165, 1.54) is 0 Å². The van der Waals surface area contributed by atoms with Gasteiger partial charge in [-0.3, -0.25) is 5.43 Å². The van der Waals surface area contributed by atoms with Gasteiger partial charge in [-0.2, -0.15) is 5.10 Å². The molecule has 0 heterocycles. The van der Waals surface area contributed by atoms with Gasteiger partial charge in [0.15, 0.2) is 5.11 Å². The van der Waals surface area contributed by atoms with E-state index in [1.54, 1.807) is 0 Å². The minimum Gasteiger partial charge on any atom is -0.375 e. The van der Waals surface area contributed by atoms with E-state index in [2.05, 4.69) is 22.7 Å². The molecule has 3 N–H and O–H groups in total. The third kappa shape index (κ3) is 3.41. The quantitative estimate of drug-likeness (QED) is 0.364. The highest BCUT2D eigenvalue weighted by atomic mass is 35.5. The van der Waals surface area contributed by atoms with Gasteiger partial charge in [-0.05, 0) is 18.3 Å². The molecule has 15 heavy (non-hydrogen) atoms. The molecule has 0 aromatic heterocycles. The van der Waals surface area contributed by atoms with Gasteiger partial charge in [0.05, 0.1) is 11.2 Å². The molecule has 1 aromatic rings. The van der Waals surface area contributed by atoms with Crippen LogP contribution in [0.25, 0.3) is 0 Å². The van der Waals surface area contributed by atoms with Crippen molar-refractivity contribution in [2.75, 3.05) is 0 Å². The van der Waals surface area contributed by atoms with Gasteiger partial charge in [0.25, 0.3) is 0 Å². The fourth-order valence-electron chi connectivity index (χ4n) is 0.835. The number of hydrazone groups is 1. The number of nitrogens with zero attached hydrogens (tertiary/aromatic N) is 1. The van der Waals surface area contributed by atoms with Gasteiger partial charge in [0.1, 0.15) is 11.6 Å². The molecule has 0 atom stereocenters. The van der Waals surface area contributed by atoms with Crippen LogP contribution in [0.15, 0.2) is 17.2 Å². The fraction of sp³-hybridized carbons (Fsp3) is 0. The summed E-state index contributed by atoms with van der Waals surface area (Å²) >= 11 is 10.0. The van der Waals surface area contributed by atoms with Crippen LogP contribution in [0.2, 0.25) is 5.02 Å². The number of hydrogen-bond donors (Lipinski definition) is 2. The summed E-state index contributed by atoms with van der Waals surface area (Å²) in [6.07, 6.45) is 1.12. The summed E-state index contributed by atoms with van der Waals surface area (Å²) in [7, 11) is 0. The van der Waals surface area contributed by atoms with E-state index in [0.717, 1.165) is 12.3 Å². The predicted octanol–water partition coefficient (Wildman–Crippen LogP) is 1.79. The van der Waals surface area contributed by atoms with Crippen LogP contribution in [0.3, 0.4) is 0 Å². The summed E-state index contributed by atoms with van der Waals surface area (Å²) in [5.74, 6) is -1.60. The molecule has 0 aliphatic heterocycles. The van der Waals surface area contributed by atoms with Crippen LogP contribution in [-0.2, 0) is 0 Å². The van der Waals surface area contributed by atoms with Crippen molar-refractivity contribution in [3.63, 3.8) is 0 Å². The first kappa shape index (κ1) is 11.8. The summed E-state index contributed by atoms with van der Waals surface area (Å²) < 4.78 is 25.7. The summed E-state index contributed by atoms with van der Waals surface area (Å²) in [6, 6.07) is 1.72. The van der Waals surface area contributed by atoms with E-state index in [9.17, 15) is 8.78 Å². The van der Waals surface area contributed by atoms with Gasteiger partial charge in [0, 0.05) is 11.6 Å². The van der Waals surface area contributed by atoms with Crippen molar-refractivity contribution < 1.29 is 8.78 Å². The molecule has 3 nitrogen and oxygen atoms in total. The molecule has 0 saturated carbocycles. The molecule has 1 aromatic carbocycles. The van der Waals surface area contributed by atoms with E-state index in [4.69, 9.17) is 17.3 Å². The third-order valence-electron chi connectivity index (χ3n) is 1.40. The lowest BCUT2D eigenvalue weighted by atomic mass is 10.2. The third-order valence-corrected chi connectivity index (χ3v) is 1.89. The smallest absolute Gasteiger partial charge is 0.184 e. The number of rotatable bonds is 2. The standard InChI is InChI=1S/C8H6ClF2N3S/c9-7-4(3-13-14-8(12)15)1-5(10)2-6(7)11/h1-3H,(H3,12,14,15). The van der Waals surface area contributed by atoms with Crippen molar-refractivity contribution in [1.82, 2.24) is 5.43 Å². The van der Waals surface area contributed by atoms with Crippen LogP contribution in [0.5, 0.6) is 0 Å². The van der Waals surface area contributed by atoms with Crippen LogP contribution in [0.4, 0.5) is 8.78 Å². The maximum absolute atomic E-state index is 12.9. The van der Waals surface area contributed by atoms with Crippen LogP contribution >= 0.6 is 23.8 Å². The molecule has 1 rings (SSSR count). The zero-order chi connectivity index (χ0) is 11.4. The predicted molar refractivity (Wildman–Crippen MR) is 58.9 cm³/mol. The Balaban J connectivity index is 2.94. The summed E-state index contributed by atoms with van der Waals surface area (Å²) in [5.41, 5.74) is 7.41. The zero-order valence-corrected chi connectivity index (χ0v) is 8.87. The second-order valence-corrected chi connectivity index (χ2v) is 3.34. The van der Waals surface area contributed by atoms with E-state index >= 15 is 0 Å². The lowest BCUT2D eigenvalue weighted by molar-refractivity contribution is 0.583. The second kappa shape index (κ2) is 4.99. The Kier molecular flexibility index (Phi) is 3.93. The van der Waals surface area contributed by atoms with E-state index in [-0.39, 0.29) is 15.7 Å². The SMILES string of the molecule is NC(=S)NN=Cc1cc(F)cc(F)c1Cl. The largest absolute Gasteiger partial charge is 0.375 e. The van der Waals surface area contributed by atoms with Gasteiger partial charge in [-0.1, -0.05) is 11.6 Å². The number of benzene rings is 1. The van der Waals surface area contributed by atoms with Crippen molar-refractivity contribution in [3.05, 3.63) is 34.4 Å². The Hall–Kier alpha value is -1.27. The Bertz CT molecular complexity index is 423. The molecule has 0 spiro atoms. The van der Waals surface area contributed by atoms with Crippen LogP contribution in [0.1, 0.15) is 5.56 Å². The van der Waals surface area contributed by atoms with Gasteiger partial charge in [-0.25, -0.2) is 8.78 Å². The summed E-state index contributed by atoms with van der Waals surface area (Å²) in [5, 5.41) is 3.25. The van der Waals surface area contributed by atoms with Crippen LogP contribution < -0.4 is 11.2 Å². The molecule has 0 amide bonds. The van der Waals surface area contributed by atoms with Crippen molar-refractivity contribution in [2.45, 2.75) is 0 Å². The van der Waals surface area contributed by atoms with Crippen molar-refractivity contribution in [1.29, 1.82) is 0 Å². The summed E-state index contributed by atoms with van der Waals surface area (Å²) in [6.45, 7) is 0. The molecule has 0 unspecified atom stereocenters. The number of thiocarbonyl (C=S) groups is 1. The molecular formula is C8H6ClF2N3S. The highest BCUT2D eigenvalue weighted by Crippen LogP contribution is 2.19. The van der Waals surface area contributed by atoms with Gasteiger partial charge in [0.2, 0.25) is 0 Å². The highest BCUT2D eigenvalue weighted by Gasteiger charge is 2.07. The van der Waals surface area contributed by atoms with Gasteiger partial charge < -0.3 is 5.73 Å². The molecule has 0 aliphatic carbocycles. The molecule has 0 bridgehead atoms. The minimum atomic E-state index is -0.853. The molecule has 0 radical (unpaired) electrons. The van der Waals surface area contributed by atoms with Gasteiger partial charge >= 0.3 is 0 Å². The maximum atomic E-state index is 12.9. The number of nitrogens with one attached hydrogen (secondary N) is 1. The van der Waals surface area contributed by atoms with Gasteiger partial charge in [-0.15, -0.1) is 0 Å². The lowest BCUT2D eigenvalue weighted by Gasteiger charge is -2.00. The Morgan fingerprint density at radius 2 is 2.20 bits per heavy atom. The second-order valence-electron chi connectivity index (χ2n) is 2.53. The van der Waals surface area contributed by atoms with Crippen molar-refractivity contribution in [2.24, 2.45) is 10.8 Å². The normalized spacial score (nSPS) is 10.6. The molecule has 0 fully saturated rings. The number of halogens is 3. The summed E-state index contributed by atoms with van der Waals surface area (Å²) in [4.78, 5) is 0. The maximum Gasteiger partial charge on any atom is 0.184 e. The Labute approximate surface area is 94.9 Å². The van der Waals surface area contributed by atoms with E-state index in [0.29, 0.717) is 6.07 Å². The molecule has 0 saturated heterocycles. The Morgan fingerprint density at radius 1 is 1.53 bits per heavy atom. The molecule has 80 valence electrons. The topological polar surface area (TPSA) is 50.4 Å². The minimum absolute atomic E-state index is 0.0563. The molecular weight excluding hydrogens is 244 g/mol. The number of hydrogen-bond acceptors (Lipinski definition) is 2.